The van der Waals surface area contributed by atoms with Crippen LogP contribution in [0.15, 0.2) is 42.7 Å². The summed E-state index contributed by atoms with van der Waals surface area (Å²) in [4.78, 5) is 8.21. The molecule has 1 heterocycles. The molecule has 4 nitrogen and oxygen atoms in total. The van der Waals surface area contributed by atoms with Gasteiger partial charge in [-0.1, -0.05) is 19.1 Å². The van der Waals surface area contributed by atoms with Gasteiger partial charge in [0.2, 0.25) is 0 Å². The summed E-state index contributed by atoms with van der Waals surface area (Å²) in [5, 5.41) is 3.28. The fourth-order valence-corrected chi connectivity index (χ4v) is 1.53. The van der Waals surface area contributed by atoms with E-state index in [0.29, 0.717) is 12.4 Å². The highest BCUT2D eigenvalue weighted by molar-refractivity contribution is 5.27. The lowest BCUT2D eigenvalue weighted by Gasteiger charge is -2.06. The third-order valence-corrected chi connectivity index (χ3v) is 2.49. The Balaban J connectivity index is 1.86. The second-order valence-electron chi connectivity index (χ2n) is 3.88. The summed E-state index contributed by atoms with van der Waals surface area (Å²) in [6, 6.07) is 9.85. The van der Waals surface area contributed by atoms with Crippen molar-refractivity contribution >= 4 is 0 Å². The van der Waals surface area contributed by atoms with E-state index >= 15 is 0 Å². The topological polar surface area (TPSA) is 47.0 Å². The molecule has 0 unspecified atom stereocenters. The van der Waals surface area contributed by atoms with E-state index in [4.69, 9.17) is 4.74 Å². The highest BCUT2D eigenvalue weighted by Gasteiger charge is 1.98. The van der Waals surface area contributed by atoms with E-state index in [2.05, 4.69) is 34.3 Å². The molecule has 0 spiro atoms. The zero-order valence-electron chi connectivity index (χ0n) is 10.5. The van der Waals surface area contributed by atoms with Crippen LogP contribution in [0.5, 0.6) is 5.75 Å². The molecule has 0 bridgehead atoms. The molecule has 18 heavy (non-hydrogen) atoms. The Morgan fingerprint density at radius 1 is 1.11 bits per heavy atom. The molecule has 2 aromatic rings. The Morgan fingerprint density at radius 3 is 2.50 bits per heavy atom. The first-order chi connectivity index (χ1) is 8.88. The minimum atomic E-state index is 0.396. The molecule has 0 saturated heterocycles. The molecule has 0 radical (unpaired) electrons. The molecule has 4 heteroatoms. The van der Waals surface area contributed by atoms with Crippen LogP contribution in [0.3, 0.4) is 0 Å². The van der Waals surface area contributed by atoms with Crippen molar-refractivity contribution in [2.75, 3.05) is 6.54 Å². The molecule has 0 aliphatic heterocycles. The van der Waals surface area contributed by atoms with Crippen LogP contribution in [-0.4, -0.2) is 16.5 Å². The second kappa shape index (κ2) is 6.71. The van der Waals surface area contributed by atoms with E-state index in [1.165, 1.54) is 5.56 Å². The number of nitrogens with one attached hydrogen (secondary N) is 1. The van der Waals surface area contributed by atoms with Crippen molar-refractivity contribution in [3.8, 4) is 5.75 Å². The van der Waals surface area contributed by atoms with E-state index in [-0.39, 0.29) is 0 Å². The second-order valence-corrected chi connectivity index (χ2v) is 3.88. The lowest BCUT2D eigenvalue weighted by Crippen LogP contribution is -2.11. The van der Waals surface area contributed by atoms with Gasteiger partial charge in [0, 0.05) is 18.9 Å². The number of hydrogen-bond acceptors (Lipinski definition) is 4. The van der Waals surface area contributed by atoms with Gasteiger partial charge >= 0.3 is 0 Å². The van der Waals surface area contributed by atoms with Gasteiger partial charge < -0.3 is 10.1 Å². The third-order valence-electron chi connectivity index (χ3n) is 2.49. The lowest BCUT2D eigenvalue weighted by atomic mass is 10.2. The van der Waals surface area contributed by atoms with Gasteiger partial charge in [0.05, 0.1) is 0 Å². The monoisotopic (exact) mass is 243 g/mol. The van der Waals surface area contributed by atoms with Crippen LogP contribution in [0.2, 0.25) is 0 Å². The minimum absolute atomic E-state index is 0.396. The average Bonchev–Trinajstić information content (AvgIpc) is 2.45. The number of nitrogens with zero attached hydrogens (tertiary/aromatic N) is 2. The predicted molar refractivity (Wildman–Crippen MR) is 70.2 cm³/mol. The number of hydrogen-bond donors (Lipinski definition) is 1. The molecule has 2 rings (SSSR count). The maximum atomic E-state index is 5.61. The Kier molecular flexibility index (Phi) is 4.67. The van der Waals surface area contributed by atoms with Gasteiger partial charge in [-0.15, -0.1) is 0 Å². The van der Waals surface area contributed by atoms with Crippen LogP contribution in [0, 0.1) is 0 Å². The standard InChI is InChI=1S/C14H17N3O/c1-2-15-10-12-4-6-13(7-5-12)18-11-14-16-8-3-9-17-14/h3-9,15H,2,10-11H2,1H3. The fourth-order valence-electron chi connectivity index (χ4n) is 1.53. The summed E-state index contributed by atoms with van der Waals surface area (Å²) in [6.45, 7) is 4.35. The average molecular weight is 243 g/mol. The largest absolute Gasteiger partial charge is 0.486 e. The van der Waals surface area contributed by atoms with Gasteiger partial charge in [-0.05, 0) is 30.3 Å². The van der Waals surface area contributed by atoms with Crippen LogP contribution in [-0.2, 0) is 13.2 Å². The molecule has 94 valence electrons. The molecule has 1 aromatic carbocycles. The zero-order valence-corrected chi connectivity index (χ0v) is 10.5. The molecule has 0 aliphatic carbocycles. The third kappa shape index (κ3) is 3.82. The van der Waals surface area contributed by atoms with Crippen molar-refractivity contribution in [3.63, 3.8) is 0 Å². The SMILES string of the molecule is CCNCc1ccc(OCc2ncccn2)cc1. The van der Waals surface area contributed by atoms with Crippen molar-refractivity contribution in [1.82, 2.24) is 15.3 Å². The van der Waals surface area contributed by atoms with Gasteiger partial charge in [0.25, 0.3) is 0 Å². The van der Waals surface area contributed by atoms with Gasteiger partial charge in [0.15, 0.2) is 5.82 Å². The van der Waals surface area contributed by atoms with Crippen molar-refractivity contribution < 1.29 is 4.74 Å². The van der Waals surface area contributed by atoms with Crippen molar-refractivity contribution in [2.24, 2.45) is 0 Å². The lowest BCUT2D eigenvalue weighted by molar-refractivity contribution is 0.295. The first-order valence-corrected chi connectivity index (χ1v) is 6.07. The van der Waals surface area contributed by atoms with Crippen LogP contribution in [0.1, 0.15) is 18.3 Å². The fraction of sp³-hybridized carbons (Fsp3) is 0.286. The Hall–Kier alpha value is -1.94. The van der Waals surface area contributed by atoms with Crippen LogP contribution < -0.4 is 10.1 Å². The van der Waals surface area contributed by atoms with E-state index in [0.717, 1.165) is 18.8 Å². The summed E-state index contributed by atoms with van der Waals surface area (Å²) in [6.07, 6.45) is 3.43. The van der Waals surface area contributed by atoms with Crippen molar-refractivity contribution in [3.05, 3.63) is 54.1 Å². The summed E-state index contributed by atoms with van der Waals surface area (Å²) in [5.74, 6) is 1.52. The summed E-state index contributed by atoms with van der Waals surface area (Å²) in [5.41, 5.74) is 1.25. The first kappa shape index (κ1) is 12.5. The van der Waals surface area contributed by atoms with E-state index in [9.17, 15) is 0 Å². The first-order valence-electron chi connectivity index (χ1n) is 6.07. The van der Waals surface area contributed by atoms with Crippen molar-refractivity contribution in [1.29, 1.82) is 0 Å². The number of aromatic nitrogens is 2. The molecule has 1 N–H and O–H groups in total. The molecule has 0 amide bonds. The Morgan fingerprint density at radius 2 is 1.83 bits per heavy atom. The summed E-state index contributed by atoms with van der Waals surface area (Å²) in [7, 11) is 0. The number of benzene rings is 1. The highest BCUT2D eigenvalue weighted by atomic mass is 16.5. The smallest absolute Gasteiger partial charge is 0.166 e. The Bertz CT molecular complexity index is 456. The highest BCUT2D eigenvalue weighted by Crippen LogP contribution is 2.13. The van der Waals surface area contributed by atoms with Gasteiger partial charge in [-0.3, -0.25) is 0 Å². The van der Waals surface area contributed by atoms with Gasteiger partial charge in [-0.2, -0.15) is 0 Å². The summed E-state index contributed by atoms with van der Waals surface area (Å²) >= 11 is 0. The van der Waals surface area contributed by atoms with E-state index in [1.54, 1.807) is 18.5 Å². The number of rotatable bonds is 6. The van der Waals surface area contributed by atoms with Crippen LogP contribution in [0.4, 0.5) is 0 Å². The zero-order chi connectivity index (χ0) is 12.6. The van der Waals surface area contributed by atoms with E-state index in [1.807, 2.05) is 12.1 Å². The quantitative estimate of drug-likeness (QED) is 0.844. The molecule has 0 fully saturated rings. The van der Waals surface area contributed by atoms with E-state index < -0.39 is 0 Å². The number of ether oxygens (including phenoxy) is 1. The molecule has 0 saturated carbocycles. The van der Waals surface area contributed by atoms with Gasteiger partial charge in [0.1, 0.15) is 12.4 Å². The molecule has 0 aliphatic rings. The molecule has 1 aromatic heterocycles. The normalized spacial score (nSPS) is 10.3. The maximum absolute atomic E-state index is 5.61. The summed E-state index contributed by atoms with van der Waals surface area (Å²) < 4.78 is 5.61. The molecular formula is C14H17N3O. The maximum Gasteiger partial charge on any atom is 0.166 e. The minimum Gasteiger partial charge on any atom is -0.486 e. The Labute approximate surface area is 107 Å². The van der Waals surface area contributed by atoms with Gasteiger partial charge in [-0.25, -0.2) is 9.97 Å². The molecular weight excluding hydrogens is 226 g/mol. The van der Waals surface area contributed by atoms with Crippen molar-refractivity contribution in [2.45, 2.75) is 20.1 Å². The predicted octanol–water partition coefficient (Wildman–Crippen LogP) is 2.17. The van der Waals surface area contributed by atoms with Crippen LogP contribution in [0.25, 0.3) is 0 Å². The molecule has 0 atom stereocenters. The van der Waals surface area contributed by atoms with Crippen LogP contribution >= 0.6 is 0 Å².